The van der Waals surface area contributed by atoms with Crippen LogP contribution in [0.15, 0.2) is 16.7 Å². The first-order valence-corrected chi connectivity index (χ1v) is 4.27. The number of hydrogen-bond acceptors (Lipinski definition) is 4. The largest absolute Gasteiger partial charge is 0.393 e. The predicted octanol–water partition coefficient (Wildman–Crippen LogP) is 1.20. The summed E-state index contributed by atoms with van der Waals surface area (Å²) in [4.78, 5) is -0.122. The maximum absolute atomic E-state index is 10.0. The second kappa shape index (κ2) is 4.23. The van der Waals surface area contributed by atoms with Crippen LogP contribution in [0, 0.1) is 0 Å². The van der Waals surface area contributed by atoms with Gasteiger partial charge in [0, 0.05) is 24.0 Å². The number of hydrogen-bond donors (Lipinski definition) is 1. The van der Waals surface area contributed by atoms with E-state index in [9.17, 15) is 5.11 Å². The summed E-state index contributed by atoms with van der Waals surface area (Å²) in [5.74, 6) is -0.938. The Morgan fingerprint density at radius 2 is 2.29 bits per heavy atom. The van der Waals surface area contributed by atoms with Crippen molar-refractivity contribution in [1.29, 1.82) is 0 Å². The van der Waals surface area contributed by atoms with Crippen LogP contribution in [0.4, 0.5) is 5.82 Å². The summed E-state index contributed by atoms with van der Waals surface area (Å²) in [5.41, 5.74) is 0. The lowest BCUT2D eigenvalue weighted by Crippen LogP contribution is -2.36. The van der Waals surface area contributed by atoms with Gasteiger partial charge in [-0.15, -0.1) is 10.2 Å². The molecule has 0 unspecified atom stereocenters. The second-order valence-corrected chi connectivity index (χ2v) is 2.97. The highest BCUT2D eigenvalue weighted by Gasteiger charge is 2.17. The highest BCUT2D eigenvalue weighted by Crippen LogP contribution is 2.17. The Morgan fingerprint density at radius 3 is 3.00 bits per heavy atom. The molecule has 0 saturated carbocycles. The minimum absolute atomic E-state index is 0.122. The predicted molar refractivity (Wildman–Crippen MR) is 57.2 cm³/mol. The van der Waals surface area contributed by atoms with E-state index in [4.69, 9.17) is 15.1 Å². The molecular formula is C9H12BrN3O. The second-order valence-electron chi connectivity index (χ2n) is 2.22. The molecule has 1 aliphatic rings. The van der Waals surface area contributed by atoms with E-state index < -0.39 is 49.7 Å². The van der Waals surface area contributed by atoms with Gasteiger partial charge in [-0.2, -0.15) is 0 Å². The molecule has 5 heteroatoms. The number of aliphatic hydroxyl groups is 1. The van der Waals surface area contributed by atoms with Crippen molar-refractivity contribution >= 4 is 21.7 Å². The molecule has 0 bridgehead atoms. The summed E-state index contributed by atoms with van der Waals surface area (Å²) in [6.07, 6.45) is -11.1. The van der Waals surface area contributed by atoms with E-state index >= 15 is 0 Å². The molecule has 1 fully saturated rings. The topological polar surface area (TPSA) is 49.2 Å². The highest BCUT2D eigenvalue weighted by molar-refractivity contribution is 9.10. The molecule has 4 nitrogen and oxygen atoms in total. The molecule has 0 amide bonds. The van der Waals surface area contributed by atoms with E-state index in [1.807, 2.05) is 0 Å². The molecule has 1 aliphatic heterocycles. The zero-order valence-electron chi connectivity index (χ0n) is 17.7. The van der Waals surface area contributed by atoms with E-state index in [2.05, 4.69) is 26.1 Å². The maximum Gasteiger partial charge on any atom is 0.151 e. The van der Waals surface area contributed by atoms with Gasteiger partial charge in [0.05, 0.1) is 10.2 Å². The molecule has 76 valence electrons. The van der Waals surface area contributed by atoms with Crippen molar-refractivity contribution in [2.45, 2.75) is 18.8 Å². The van der Waals surface area contributed by atoms with Crippen LogP contribution in [0.3, 0.4) is 0 Å². The quantitative estimate of drug-likeness (QED) is 0.832. The minimum atomic E-state index is -3.81. The summed E-state index contributed by atoms with van der Waals surface area (Å²) in [6.45, 7) is -7.02. The van der Waals surface area contributed by atoms with Gasteiger partial charge in [-0.3, -0.25) is 0 Å². The van der Waals surface area contributed by atoms with Gasteiger partial charge in [-0.1, -0.05) is 0 Å². The van der Waals surface area contributed by atoms with Gasteiger partial charge >= 0.3 is 0 Å². The van der Waals surface area contributed by atoms with Crippen molar-refractivity contribution in [2.24, 2.45) is 0 Å². The van der Waals surface area contributed by atoms with Crippen molar-refractivity contribution in [1.82, 2.24) is 10.2 Å². The van der Waals surface area contributed by atoms with Crippen LogP contribution in [-0.2, 0) is 0 Å². The molecule has 2 heterocycles. The van der Waals surface area contributed by atoms with Crippen LogP contribution in [0.1, 0.15) is 27.8 Å². The third kappa shape index (κ3) is 2.22. The molecule has 0 spiro atoms. The Kier molecular flexibility index (Phi) is 0.953. The molecule has 14 heavy (non-hydrogen) atoms. The third-order valence-corrected chi connectivity index (χ3v) is 1.65. The van der Waals surface area contributed by atoms with E-state index in [1.54, 1.807) is 0 Å². The molecule has 1 aromatic rings. The van der Waals surface area contributed by atoms with Crippen LogP contribution in [-0.4, -0.2) is 34.4 Å². The summed E-state index contributed by atoms with van der Waals surface area (Å²) < 4.78 is 85.6. The van der Waals surface area contributed by atoms with E-state index in [0.717, 1.165) is 0 Å². The van der Waals surface area contributed by atoms with Gasteiger partial charge in [-0.25, -0.2) is 0 Å². The Labute approximate surface area is 107 Å². The van der Waals surface area contributed by atoms with Gasteiger partial charge in [0.2, 0.25) is 0 Å². The van der Waals surface area contributed by atoms with E-state index in [-0.39, 0.29) is 9.50 Å². The SMILES string of the molecule is [2H]c1c(Br)nnc(N2C([2H])([2H])C([2H])([2H])C([2H])(O)C([2H])([2H])C2([2H])[2H])c1[2H]. The molecular weight excluding hydrogens is 246 g/mol. The number of rotatable bonds is 1. The lowest BCUT2D eigenvalue weighted by Gasteiger charge is -2.29. The van der Waals surface area contributed by atoms with Gasteiger partial charge < -0.3 is 10.0 Å². The van der Waals surface area contributed by atoms with Gasteiger partial charge in [-0.05, 0) is 40.8 Å². The molecule has 0 aromatic carbocycles. The van der Waals surface area contributed by atoms with E-state index in [0.29, 0.717) is 0 Å². The highest BCUT2D eigenvalue weighted by atomic mass is 79.9. The van der Waals surface area contributed by atoms with Gasteiger partial charge in [0.15, 0.2) is 5.82 Å². The lowest BCUT2D eigenvalue weighted by molar-refractivity contribution is 0.145. The molecule has 1 aromatic heterocycles. The number of aromatic nitrogens is 2. The lowest BCUT2D eigenvalue weighted by atomic mass is 10.1. The standard InChI is InChI=1S/C9H12BrN3O/c10-8-1-2-9(12-11-8)13-5-3-7(14)4-6-13/h1-2,7,14H,3-6H2/i1D,2D,3D2,4D2,5D2,6D2,7D. The molecule has 2 rings (SSSR count). The Bertz CT molecular complexity index is 695. The fraction of sp³-hybridized carbons (Fsp3) is 0.556. The smallest absolute Gasteiger partial charge is 0.151 e. The maximum atomic E-state index is 10.0. The zero-order chi connectivity index (χ0) is 19.8. The van der Waals surface area contributed by atoms with Crippen LogP contribution in [0.5, 0.6) is 0 Å². The Hall–Kier alpha value is -0.680. The first-order valence-electron chi connectivity index (χ1n) is 8.98. The van der Waals surface area contributed by atoms with Crippen molar-refractivity contribution in [3.63, 3.8) is 0 Å². The van der Waals surface area contributed by atoms with Crippen LogP contribution < -0.4 is 4.90 Å². The number of halogens is 1. The molecule has 1 N–H and O–H groups in total. The van der Waals surface area contributed by atoms with Gasteiger partial charge in [0.1, 0.15) is 4.60 Å². The Morgan fingerprint density at radius 1 is 1.57 bits per heavy atom. The normalized spacial score (nSPS) is 46.7. The van der Waals surface area contributed by atoms with Crippen molar-refractivity contribution in [3.8, 4) is 0 Å². The summed E-state index contributed by atoms with van der Waals surface area (Å²) >= 11 is 2.82. The number of nitrogens with zero attached hydrogens (tertiary/aromatic N) is 3. The van der Waals surface area contributed by atoms with Crippen molar-refractivity contribution in [3.05, 3.63) is 16.7 Å². The van der Waals surface area contributed by atoms with Crippen LogP contribution in [0.2, 0.25) is 0 Å². The summed E-state index contributed by atoms with van der Waals surface area (Å²) in [5, 5.41) is 16.8. The first-order chi connectivity index (χ1) is 11.0. The third-order valence-electron chi connectivity index (χ3n) is 1.29. The summed E-state index contributed by atoms with van der Waals surface area (Å²) in [6, 6.07) is -1.44. The molecule has 0 aliphatic carbocycles. The average molecular weight is 269 g/mol. The first kappa shape index (κ1) is 3.15. The van der Waals surface area contributed by atoms with E-state index in [1.165, 1.54) is 0 Å². The van der Waals surface area contributed by atoms with Crippen LogP contribution >= 0.6 is 15.9 Å². The fourth-order valence-electron chi connectivity index (χ4n) is 0.732. The Balaban J connectivity index is 2.87. The molecule has 1 saturated heterocycles. The summed E-state index contributed by atoms with van der Waals surface area (Å²) in [7, 11) is 0. The van der Waals surface area contributed by atoms with Gasteiger partial charge in [0.25, 0.3) is 0 Å². The number of piperidine rings is 1. The van der Waals surface area contributed by atoms with Crippen LogP contribution in [0.25, 0.3) is 0 Å². The number of anilines is 1. The minimum Gasteiger partial charge on any atom is -0.393 e. The van der Waals surface area contributed by atoms with Crippen molar-refractivity contribution < 1.29 is 20.2 Å². The molecule has 0 radical (unpaired) electrons. The monoisotopic (exact) mass is 268 g/mol. The van der Waals surface area contributed by atoms with Crippen molar-refractivity contribution in [2.75, 3.05) is 17.9 Å². The fourth-order valence-corrected chi connectivity index (χ4v) is 0.911. The average Bonchev–Trinajstić information content (AvgIpc) is 2.45. The molecule has 0 atom stereocenters. The zero-order valence-corrected chi connectivity index (χ0v) is 8.25.